The van der Waals surface area contributed by atoms with Gasteiger partial charge in [0.25, 0.3) is 0 Å². The molecule has 0 aliphatic carbocycles. The lowest BCUT2D eigenvalue weighted by Gasteiger charge is -2.07. The maximum Gasteiger partial charge on any atom is 0.140 e. The summed E-state index contributed by atoms with van der Waals surface area (Å²) in [4.78, 5) is 11.4. The van der Waals surface area contributed by atoms with Gasteiger partial charge in [0.15, 0.2) is 0 Å². The molecule has 0 fully saturated rings. The lowest BCUT2D eigenvalue weighted by molar-refractivity contribution is -0.119. The Bertz CT molecular complexity index is 264. The van der Waals surface area contributed by atoms with Crippen LogP contribution in [0.25, 0.3) is 0 Å². The van der Waals surface area contributed by atoms with Crippen molar-refractivity contribution in [3.05, 3.63) is 24.2 Å². The van der Waals surface area contributed by atoms with Gasteiger partial charge in [0, 0.05) is 13.5 Å². The predicted molar refractivity (Wildman–Crippen MR) is 53.1 cm³/mol. The lowest BCUT2D eigenvalue weighted by Crippen LogP contribution is -2.09. The Kier molecular flexibility index (Phi) is 4.40. The fourth-order valence-corrected chi connectivity index (χ4v) is 1.18. The number of ketones is 1. The number of Topliss-reactive ketones (excluding diaryl/α,β-unsaturated/α-hetero) is 1. The van der Waals surface area contributed by atoms with Crippen LogP contribution in [0, 0.1) is 0 Å². The quantitative estimate of drug-likeness (QED) is 0.700. The van der Waals surface area contributed by atoms with E-state index in [9.17, 15) is 4.79 Å². The first-order valence-corrected chi connectivity index (χ1v) is 4.79. The number of carbonyl (C=O) groups excluding carboxylic acids is 1. The van der Waals surface area contributed by atoms with Gasteiger partial charge in [-0.05, 0) is 25.5 Å². The summed E-state index contributed by atoms with van der Waals surface area (Å²) in [5.41, 5.74) is 0. The average Bonchev–Trinajstić information content (AvgIpc) is 2.66. The number of carbonyl (C=O) groups is 1. The number of ether oxygens (including phenoxy) is 1. The van der Waals surface area contributed by atoms with Crippen LogP contribution in [-0.2, 0) is 16.0 Å². The Morgan fingerprint density at radius 1 is 1.64 bits per heavy atom. The van der Waals surface area contributed by atoms with Crippen LogP contribution in [0.15, 0.2) is 22.8 Å². The molecule has 0 bridgehead atoms. The Morgan fingerprint density at radius 3 is 3.00 bits per heavy atom. The highest BCUT2D eigenvalue weighted by Gasteiger charge is 2.08. The number of methoxy groups -OCH3 is 1. The second kappa shape index (κ2) is 5.60. The van der Waals surface area contributed by atoms with Gasteiger partial charge in [-0.2, -0.15) is 0 Å². The molecule has 1 aromatic rings. The third-order valence-electron chi connectivity index (χ3n) is 2.18. The van der Waals surface area contributed by atoms with E-state index in [1.54, 1.807) is 19.4 Å². The molecule has 14 heavy (non-hydrogen) atoms. The van der Waals surface area contributed by atoms with Gasteiger partial charge in [0.1, 0.15) is 11.5 Å². The minimum absolute atomic E-state index is 0.149. The first-order valence-electron chi connectivity index (χ1n) is 4.79. The summed E-state index contributed by atoms with van der Waals surface area (Å²) in [6.07, 6.45) is 3.45. The molecule has 0 aliphatic heterocycles. The monoisotopic (exact) mass is 196 g/mol. The predicted octanol–water partition coefficient (Wildman–Crippen LogP) is 2.21. The van der Waals surface area contributed by atoms with E-state index in [2.05, 4.69) is 0 Å². The topological polar surface area (TPSA) is 39.4 Å². The van der Waals surface area contributed by atoms with Gasteiger partial charge in [-0.15, -0.1) is 0 Å². The van der Waals surface area contributed by atoms with Crippen molar-refractivity contribution in [1.29, 1.82) is 0 Å². The molecular weight excluding hydrogens is 180 g/mol. The van der Waals surface area contributed by atoms with E-state index in [-0.39, 0.29) is 11.9 Å². The number of furan rings is 1. The van der Waals surface area contributed by atoms with Crippen molar-refractivity contribution in [2.75, 3.05) is 7.11 Å². The highest BCUT2D eigenvalue weighted by atomic mass is 16.5. The molecule has 0 saturated heterocycles. The molecule has 1 unspecified atom stereocenters. The largest absolute Gasteiger partial charge is 0.469 e. The third-order valence-corrected chi connectivity index (χ3v) is 2.18. The Balaban J connectivity index is 2.23. The molecule has 0 saturated carbocycles. The van der Waals surface area contributed by atoms with Gasteiger partial charge in [-0.25, -0.2) is 0 Å². The van der Waals surface area contributed by atoms with E-state index in [1.807, 2.05) is 13.0 Å². The van der Waals surface area contributed by atoms with E-state index in [4.69, 9.17) is 9.15 Å². The SMILES string of the molecule is COC(C)CCC(=O)Cc1ccco1. The first kappa shape index (κ1) is 11.0. The summed E-state index contributed by atoms with van der Waals surface area (Å²) in [5.74, 6) is 0.934. The molecule has 0 aromatic carbocycles. The van der Waals surface area contributed by atoms with E-state index < -0.39 is 0 Å². The molecule has 3 heteroatoms. The Labute approximate surface area is 84.1 Å². The highest BCUT2D eigenvalue weighted by Crippen LogP contribution is 2.06. The maximum absolute atomic E-state index is 11.4. The normalized spacial score (nSPS) is 12.7. The van der Waals surface area contributed by atoms with Crippen LogP contribution in [0.4, 0.5) is 0 Å². The van der Waals surface area contributed by atoms with Crippen molar-refractivity contribution in [2.45, 2.75) is 32.3 Å². The second-order valence-corrected chi connectivity index (χ2v) is 3.38. The van der Waals surface area contributed by atoms with Crippen LogP contribution in [0.5, 0.6) is 0 Å². The van der Waals surface area contributed by atoms with Gasteiger partial charge in [0.05, 0.1) is 18.8 Å². The molecule has 0 aliphatic rings. The molecule has 1 rings (SSSR count). The molecule has 3 nitrogen and oxygen atoms in total. The maximum atomic E-state index is 11.4. The van der Waals surface area contributed by atoms with Gasteiger partial charge in [-0.1, -0.05) is 0 Å². The zero-order valence-electron chi connectivity index (χ0n) is 8.66. The lowest BCUT2D eigenvalue weighted by atomic mass is 10.1. The smallest absolute Gasteiger partial charge is 0.140 e. The molecular formula is C11H16O3. The van der Waals surface area contributed by atoms with Crippen LogP contribution in [-0.4, -0.2) is 19.0 Å². The van der Waals surface area contributed by atoms with Gasteiger partial charge < -0.3 is 9.15 Å². The molecule has 1 atom stereocenters. The van der Waals surface area contributed by atoms with Gasteiger partial charge >= 0.3 is 0 Å². The van der Waals surface area contributed by atoms with E-state index in [0.29, 0.717) is 12.8 Å². The van der Waals surface area contributed by atoms with Crippen molar-refractivity contribution in [1.82, 2.24) is 0 Å². The molecule has 0 radical (unpaired) electrons. The van der Waals surface area contributed by atoms with Crippen molar-refractivity contribution >= 4 is 5.78 Å². The van der Waals surface area contributed by atoms with Gasteiger partial charge in [-0.3, -0.25) is 4.79 Å². The first-order chi connectivity index (χ1) is 6.72. The molecule has 1 heterocycles. The second-order valence-electron chi connectivity index (χ2n) is 3.38. The highest BCUT2D eigenvalue weighted by molar-refractivity contribution is 5.80. The van der Waals surface area contributed by atoms with E-state index >= 15 is 0 Å². The van der Waals surface area contributed by atoms with E-state index in [1.165, 1.54) is 0 Å². The summed E-state index contributed by atoms with van der Waals surface area (Å²) in [7, 11) is 1.65. The van der Waals surface area contributed by atoms with Crippen LogP contribution < -0.4 is 0 Å². The zero-order chi connectivity index (χ0) is 10.4. The van der Waals surface area contributed by atoms with Crippen molar-refractivity contribution in [3.63, 3.8) is 0 Å². The van der Waals surface area contributed by atoms with Crippen molar-refractivity contribution < 1.29 is 13.9 Å². The standard InChI is InChI=1S/C11H16O3/c1-9(13-2)5-6-10(12)8-11-4-3-7-14-11/h3-4,7,9H,5-6,8H2,1-2H3. The van der Waals surface area contributed by atoms with Crippen LogP contribution in [0.2, 0.25) is 0 Å². The fourth-order valence-electron chi connectivity index (χ4n) is 1.18. The fraction of sp³-hybridized carbons (Fsp3) is 0.545. The summed E-state index contributed by atoms with van der Waals surface area (Å²) in [6, 6.07) is 3.61. The molecule has 1 aromatic heterocycles. The zero-order valence-corrected chi connectivity index (χ0v) is 8.66. The van der Waals surface area contributed by atoms with Gasteiger partial charge in [0.2, 0.25) is 0 Å². The van der Waals surface area contributed by atoms with E-state index in [0.717, 1.165) is 12.2 Å². The Hall–Kier alpha value is -1.09. The molecule has 0 amide bonds. The number of hydrogen-bond donors (Lipinski definition) is 0. The summed E-state index contributed by atoms with van der Waals surface area (Å²) in [6.45, 7) is 1.96. The summed E-state index contributed by atoms with van der Waals surface area (Å²) in [5, 5.41) is 0. The average molecular weight is 196 g/mol. The minimum Gasteiger partial charge on any atom is -0.469 e. The van der Waals surface area contributed by atoms with Crippen LogP contribution in [0.1, 0.15) is 25.5 Å². The van der Waals surface area contributed by atoms with Crippen LogP contribution >= 0.6 is 0 Å². The minimum atomic E-state index is 0.149. The van der Waals surface area contributed by atoms with Crippen molar-refractivity contribution in [2.24, 2.45) is 0 Å². The molecule has 78 valence electrons. The molecule has 0 spiro atoms. The summed E-state index contributed by atoms with van der Waals surface area (Å²) >= 11 is 0. The Morgan fingerprint density at radius 2 is 2.43 bits per heavy atom. The number of hydrogen-bond acceptors (Lipinski definition) is 3. The molecule has 0 N–H and O–H groups in total. The third kappa shape index (κ3) is 3.75. The van der Waals surface area contributed by atoms with Crippen LogP contribution in [0.3, 0.4) is 0 Å². The number of rotatable bonds is 6. The van der Waals surface area contributed by atoms with Crippen molar-refractivity contribution in [3.8, 4) is 0 Å². The summed E-state index contributed by atoms with van der Waals surface area (Å²) < 4.78 is 10.1.